The maximum Gasteiger partial charge on any atom is 0.169 e. The summed E-state index contributed by atoms with van der Waals surface area (Å²) >= 11 is 5.69. The topological polar surface area (TPSA) is 18.5 Å². The minimum Gasteiger partial charge on any atom is -0.360 e. The van der Waals surface area contributed by atoms with E-state index in [9.17, 15) is 0 Å². The van der Waals surface area contributed by atoms with Gasteiger partial charge in [-0.05, 0) is 48.9 Å². The lowest BCUT2D eigenvalue weighted by Crippen LogP contribution is -2.53. The van der Waals surface area contributed by atoms with Crippen molar-refractivity contribution in [1.29, 1.82) is 0 Å². The second-order valence-corrected chi connectivity index (χ2v) is 7.87. The first kappa shape index (κ1) is 15.4. The third kappa shape index (κ3) is 3.53. The summed E-state index contributed by atoms with van der Waals surface area (Å²) in [6.07, 6.45) is 5.65. The van der Waals surface area contributed by atoms with Crippen molar-refractivity contribution in [3.63, 3.8) is 0 Å². The van der Waals surface area contributed by atoms with Gasteiger partial charge in [0.05, 0.1) is 0 Å². The largest absolute Gasteiger partial charge is 0.360 e. The highest BCUT2D eigenvalue weighted by Crippen LogP contribution is 2.44. The van der Waals surface area contributed by atoms with Gasteiger partial charge >= 0.3 is 0 Å². The highest BCUT2D eigenvalue weighted by molar-refractivity contribution is 7.80. The molecule has 0 unspecified atom stereocenters. The zero-order valence-corrected chi connectivity index (χ0v) is 14.6. The summed E-state index contributed by atoms with van der Waals surface area (Å²) in [6.45, 7) is 5.38. The maximum atomic E-state index is 5.69. The average molecular weight is 330 g/mol. The van der Waals surface area contributed by atoms with Gasteiger partial charge < -0.3 is 10.2 Å². The van der Waals surface area contributed by atoms with Gasteiger partial charge in [-0.1, -0.05) is 36.8 Å². The lowest BCUT2D eigenvalue weighted by Gasteiger charge is -2.37. The van der Waals surface area contributed by atoms with Crippen LogP contribution in [-0.2, 0) is 6.54 Å². The predicted octanol–water partition coefficient (Wildman–Crippen LogP) is 2.87. The molecule has 0 aromatic heterocycles. The van der Waals surface area contributed by atoms with Crippen LogP contribution in [0.2, 0.25) is 0 Å². The minimum atomic E-state index is 0.656. The second-order valence-electron chi connectivity index (χ2n) is 7.48. The minimum absolute atomic E-state index is 0.656. The van der Waals surface area contributed by atoms with Crippen LogP contribution in [0.3, 0.4) is 0 Å². The summed E-state index contributed by atoms with van der Waals surface area (Å²) < 4.78 is 0. The van der Waals surface area contributed by atoms with Crippen molar-refractivity contribution in [2.45, 2.75) is 38.3 Å². The second kappa shape index (κ2) is 6.78. The first-order valence-electron chi connectivity index (χ1n) is 9.09. The normalized spacial score (nSPS) is 30.6. The molecule has 1 heterocycles. The Hall–Kier alpha value is -1.13. The van der Waals surface area contributed by atoms with E-state index < -0.39 is 0 Å². The Labute approximate surface area is 145 Å². The Kier molecular flexibility index (Phi) is 4.54. The van der Waals surface area contributed by atoms with Gasteiger partial charge in [-0.3, -0.25) is 4.90 Å². The molecule has 4 rings (SSSR count). The fourth-order valence-corrected chi connectivity index (χ4v) is 4.96. The molecule has 3 aliphatic rings. The highest BCUT2D eigenvalue weighted by atomic mass is 32.1. The van der Waals surface area contributed by atoms with Crippen LogP contribution in [0.25, 0.3) is 0 Å². The fourth-order valence-electron chi connectivity index (χ4n) is 4.62. The van der Waals surface area contributed by atoms with Crippen molar-refractivity contribution >= 4 is 17.3 Å². The summed E-state index contributed by atoms with van der Waals surface area (Å²) in [5.74, 6) is 1.86. The van der Waals surface area contributed by atoms with Gasteiger partial charge in [0.25, 0.3) is 0 Å². The molecule has 1 saturated heterocycles. The highest BCUT2D eigenvalue weighted by Gasteiger charge is 2.40. The van der Waals surface area contributed by atoms with Crippen LogP contribution in [0, 0.1) is 11.8 Å². The monoisotopic (exact) mass is 329 g/mol. The number of nitrogens with one attached hydrogen (secondary N) is 1. The van der Waals surface area contributed by atoms with Crippen LogP contribution >= 0.6 is 12.2 Å². The fraction of sp³-hybridized carbons (Fsp3) is 0.632. The Balaban J connectivity index is 1.24. The van der Waals surface area contributed by atoms with Crippen LogP contribution in [0.5, 0.6) is 0 Å². The lowest BCUT2D eigenvalue weighted by atomic mass is 9.95. The molecule has 4 heteroatoms. The van der Waals surface area contributed by atoms with Crippen molar-refractivity contribution in [2.24, 2.45) is 11.8 Å². The number of piperazine rings is 1. The van der Waals surface area contributed by atoms with Crippen LogP contribution in [-0.4, -0.2) is 47.1 Å². The maximum absolute atomic E-state index is 5.69. The molecule has 124 valence electrons. The third-order valence-corrected chi connectivity index (χ3v) is 6.33. The summed E-state index contributed by atoms with van der Waals surface area (Å²) in [5.41, 5.74) is 1.41. The average Bonchev–Trinajstić information content (AvgIpc) is 3.19. The van der Waals surface area contributed by atoms with Crippen molar-refractivity contribution in [3.8, 4) is 0 Å². The number of nitrogens with zero attached hydrogens (tertiary/aromatic N) is 2. The SMILES string of the molecule is S=C(N[C@H]1C[C@H]2CC[C@@H]1C2)N1CCN(Cc2ccccc2)CC1. The van der Waals surface area contributed by atoms with Gasteiger partial charge in [-0.25, -0.2) is 0 Å². The number of hydrogen-bond donors (Lipinski definition) is 1. The van der Waals surface area contributed by atoms with Crippen LogP contribution < -0.4 is 5.32 Å². The van der Waals surface area contributed by atoms with Crippen molar-refractivity contribution in [3.05, 3.63) is 35.9 Å². The van der Waals surface area contributed by atoms with Gasteiger partial charge in [0.1, 0.15) is 0 Å². The quantitative estimate of drug-likeness (QED) is 0.859. The van der Waals surface area contributed by atoms with Crippen molar-refractivity contribution < 1.29 is 0 Å². The van der Waals surface area contributed by atoms with E-state index in [1.54, 1.807) is 0 Å². The molecular weight excluding hydrogens is 302 g/mol. The zero-order chi connectivity index (χ0) is 15.6. The van der Waals surface area contributed by atoms with Crippen LogP contribution in [0.4, 0.5) is 0 Å². The van der Waals surface area contributed by atoms with Crippen molar-refractivity contribution in [1.82, 2.24) is 15.1 Å². The number of rotatable bonds is 3. The summed E-state index contributed by atoms with van der Waals surface area (Å²) in [5, 5.41) is 4.69. The lowest BCUT2D eigenvalue weighted by molar-refractivity contribution is 0.173. The van der Waals surface area contributed by atoms with E-state index in [4.69, 9.17) is 12.2 Å². The van der Waals surface area contributed by atoms with E-state index in [2.05, 4.69) is 45.4 Å². The van der Waals surface area contributed by atoms with E-state index >= 15 is 0 Å². The first-order valence-corrected chi connectivity index (χ1v) is 9.50. The molecule has 3 atom stereocenters. The third-order valence-electron chi connectivity index (χ3n) is 5.96. The smallest absolute Gasteiger partial charge is 0.169 e. The number of hydrogen-bond acceptors (Lipinski definition) is 2. The molecule has 1 aromatic rings. The summed E-state index contributed by atoms with van der Waals surface area (Å²) in [4.78, 5) is 4.91. The molecule has 23 heavy (non-hydrogen) atoms. The molecular formula is C19H27N3S. The van der Waals surface area contributed by atoms with E-state index in [-0.39, 0.29) is 0 Å². The van der Waals surface area contributed by atoms with E-state index in [1.807, 2.05) is 0 Å². The Morgan fingerprint density at radius 3 is 2.48 bits per heavy atom. The van der Waals surface area contributed by atoms with E-state index in [1.165, 1.54) is 31.2 Å². The number of thiocarbonyl (C=S) groups is 1. The molecule has 1 aliphatic heterocycles. The summed E-state index contributed by atoms with van der Waals surface area (Å²) in [6, 6.07) is 11.4. The number of benzene rings is 1. The molecule has 3 nitrogen and oxygen atoms in total. The van der Waals surface area contributed by atoms with Crippen LogP contribution in [0.1, 0.15) is 31.2 Å². The Morgan fingerprint density at radius 1 is 1.04 bits per heavy atom. The molecule has 0 amide bonds. The molecule has 1 N–H and O–H groups in total. The van der Waals surface area contributed by atoms with E-state index in [0.717, 1.165) is 49.7 Å². The molecule has 2 saturated carbocycles. The standard InChI is InChI=1S/C19H27N3S/c23-19(20-18-13-16-6-7-17(18)12-16)22-10-8-21(9-11-22)14-15-4-2-1-3-5-15/h1-5,16-18H,6-14H2,(H,20,23)/t16-,17+,18-/m0/s1. The Morgan fingerprint density at radius 2 is 1.83 bits per heavy atom. The van der Waals surface area contributed by atoms with Gasteiger partial charge in [0.2, 0.25) is 0 Å². The van der Waals surface area contributed by atoms with E-state index in [0.29, 0.717) is 6.04 Å². The predicted molar refractivity (Wildman–Crippen MR) is 98.3 cm³/mol. The first-order chi connectivity index (χ1) is 11.3. The van der Waals surface area contributed by atoms with Gasteiger partial charge in [-0.2, -0.15) is 0 Å². The molecule has 0 radical (unpaired) electrons. The van der Waals surface area contributed by atoms with Gasteiger partial charge in [0.15, 0.2) is 5.11 Å². The van der Waals surface area contributed by atoms with Crippen LogP contribution in [0.15, 0.2) is 30.3 Å². The van der Waals surface area contributed by atoms with Gasteiger partial charge in [0, 0.05) is 38.8 Å². The van der Waals surface area contributed by atoms with Crippen molar-refractivity contribution in [2.75, 3.05) is 26.2 Å². The molecule has 1 aromatic carbocycles. The molecule has 2 bridgehead atoms. The molecule has 3 fully saturated rings. The molecule has 2 aliphatic carbocycles. The molecule has 0 spiro atoms. The van der Waals surface area contributed by atoms with Gasteiger partial charge in [-0.15, -0.1) is 0 Å². The zero-order valence-electron chi connectivity index (χ0n) is 13.8. The number of fused-ring (bicyclic) bond motifs is 2. The Bertz CT molecular complexity index is 539. The summed E-state index contributed by atoms with van der Waals surface area (Å²) in [7, 11) is 0.